The Morgan fingerprint density at radius 1 is 1.44 bits per heavy atom. The second kappa shape index (κ2) is 7.36. The zero-order valence-corrected chi connectivity index (χ0v) is 10.5. The third kappa shape index (κ3) is 4.29. The average molecular weight is 222 g/mol. The van der Waals surface area contributed by atoms with Gasteiger partial charge in [-0.3, -0.25) is 4.98 Å². The molecule has 0 spiro atoms. The van der Waals surface area contributed by atoms with E-state index >= 15 is 0 Å². The second-order valence-corrected chi connectivity index (χ2v) is 3.98. The van der Waals surface area contributed by atoms with E-state index in [9.17, 15) is 0 Å². The molecule has 0 amide bonds. The van der Waals surface area contributed by atoms with Gasteiger partial charge in [-0.1, -0.05) is 13.0 Å². The lowest BCUT2D eigenvalue weighted by Crippen LogP contribution is -2.16. The van der Waals surface area contributed by atoms with Crippen LogP contribution in [0.15, 0.2) is 12.3 Å². The van der Waals surface area contributed by atoms with Crippen LogP contribution in [0.4, 0.5) is 0 Å². The summed E-state index contributed by atoms with van der Waals surface area (Å²) >= 11 is 0. The predicted molar refractivity (Wildman–Crippen MR) is 66.6 cm³/mol. The van der Waals surface area contributed by atoms with Gasteiger partial charge in [-0.05, 0) is 37.4 Å². The van der Waals surface area contributed by atoms with E-state index in [1.807, 2.05) is 6.20 Å². The molecule has 0 aliphatic carbocycles. The van der Waals surface area contributed by atoms with E-state index in [2.05, 4.69) is 30.2 Å². The minimum Gasteiger partial charge on any atom is -0.385 e. The highest BCUT2D eigenvalue weighted by Crippen LogP contribution is 2.07. The zero-order chi connectivity index (χ0) is 11.8. The third-order valence-corrected chi connectivity index (χ3v) is 2.61. The summed E-state index contributed by atoms with van der Waals surface area (Å²) < 4.78 is 4.99. The first-order valence-electron chi connectivity index (χ1n) is 5.92. The van der Waals surface area contributed by atoms with E-state index < -0.39 is 0 Å². The Morgan fingerprint density at radius 2 is 2.25 bits per heavy atom. The van der Waals surface area contributed by atoms with Gasteiger partial charge in [0.25, 0.3) is 0 Å². The van der Waals surface area contributed by atoms with Crippen molar-refractivity contribution in [2.75, 3.05) is 20.3 Å². The highest BCUT2D eigenvalue weighted by Gasteiger charge is 1.99. The first kappa shape index (κ1) is 13.1. The zero-order valence-electron chi connectivity index (χ0n) is 10.5. The number of pyridine rings is 1. The van der Waals surface area contributed by atoms with Gasteiger partial charge >= 0.3 is 0 Å². The Labute approximate surface area is 98.2 Å². The number of rotatable bonds is 7. The van der Waals surface area contributed by atoms with Crippen LogP contribution in [-0.2, 0) is 17.7 Å². The number of aromatic nitrogens is 1. The van der Waals surface area contributed by atoms with Gasteiger partial charge in [-0.25, -0.2) is 0 Å². The van der Waals surface area contributed by atoms with E-state index in [1.165, 1.54) is 16.8 Å². The maximum Gasteiger partial charge on any atom is 0.0474 e. The monoisotopic (exact) mass is 222 g/mol. The van der Waals surface area contributed by atoms with Crippen LogP contribution in [0.5, 0.6) is 0 Å². The SMILES string of the molecule is CCc1ncc(CNCCCOC)cc1C. The maximum atomic E-state index is 4.99. The van der Waals surface area contributed by atoms with Crippen molar-refractivity contribution in [1.29, 1.82) is 0 Å². The predicted octanol–water partition coefficient (Wildman–Crippen LogP) is 2.08. The van der Waals surface area contributed by atoms with Crippen molar-refractivity contribution in [2.24, 2.45) is 0 Å². The van der Waals surface area contributed by atoms with Crippen molar-refractivity contribution in [3.05, 3.63) is 29.1 Å². The Kier molecular flexibility index (Phi) is 6.04. The molecule has 0 radical (unpaired) electrons. The highest BCUT2D eigenvalue weighted by atomic mass is 16.5. The Balaban J connectivity index is 2.34. The number of nitrogens with zero attached hydrogens (tertiary/aromatic N) is 1. The molecule has 1 N–H and O–H groups in total. The van der Waals surface area contributed by atoms with Gasteiger partial charge in [-0.2, -0.15) is 0 Å². The molecule has 3 heteroatoms. The molecule has 0 bridgehead atoms. The number of methoxy groups -OCH3 is 1. The van der Waals surface area contributed by atoms with Crippen LogP contribution in [0, 0.1) is 6.92 Å². The molecule has 0 aliphatic heterocycles. The summed E-state index contributed by atoms with van der Waals surface area (Å²) in [6.07, 6.45) is 4.03. The van der Waals surface area contributed by atoms with E-state index in [0.29, 0.717) is 0 Å². The molecule has 0 aromatic carbocycles. The molecule has 0 unspecified atom stereocenters. The number of aryl methyl sites for hydroxylation is 2. The van der Waals surface area contributed by atoms with E-state index in [-0.39, 0.29) is 0 Å². The quantitative estimate of drug-likeness (QED) is 0.717. The van der Waals surface area contributed by atoms with Crippen LogP contribution in [0.2, 0.25) is 0 Å². The van der Waals surface area contributed by atoms with Gasteiger partial charge in [0, 0.05) is 32.2 Å². The van der Waals surface area contributed by atoms with Gasteiger partial charge in [0.05, 0.1) is 0 Å². The van der Waals surface area contributed by atoms with Gasteiger partial charge < -0.3 is 10.1 Å². The smallest absolute Gasteiger partial charge is 0.0474 e. The van der Waals surface area contributed by atoms with E-state index in [4.69, 9.17) is 4.74 Å². The highest BCUT2D eigenvalue weighted by molar-refractivity contribution is 5.23. The molecule has 16 heavy (non-hydrogen) atoms. The summed E-state index contributed by atoms with van der Waals surface area (Å²) in [6.45, 7) is 6.96. The minimum absolute atomic E-state index is 0.819. The van der Waals surface area contributed by atoms with Crippen molar-refractivity contribution in [3.8, 4) is 0 Å². The molecular weight excluding hydrogens is 200 g/mol. The average Bonchev–Trinajstić information content (AvgIpc) is 2.29. The summed E-state index contributed by atoms with van der Waals surface area (Å²) in [7, 11) is 1.73. The van der Waals surface area contributed by atoms with Gasteiger partial charge in [0.1, 0.15) is 0 Å². The summed E-state index contributed by atoms with van der Waals surface area (Å²) in [4.78, 5) is 4.45. The van der Waals surface area contributed by atoms with E-state index in [1.54, 1.807) is 7.11 Å². The number of ether oxygens (including phenoxy) is 1. The fourth-order valence-corrected chi connectivity index (χ4v) is 1.70. The fraction of sp³-hybridized carbons (Fsp3) is 0.615. The van der Waals surface area contributed by atoms with Crippen molar-refractivity contribution in [3.63, 3.8) is 0 Å². The molecule has 1 rings (SSSR count). The molecule has 0 saturated carbocycles. The first-order valence-corrected chi connectivity index (χ1v) is 5.92. The normalized spacial score (nSPS) is 10.7. The lowest BCUT2D eigenvalue weighted by molar-refractivity contribution is 0.194. The number of hydrogen-bond acceptors (Lipinski definition) is 3. The molecule has 1 aromatic heterocycles. The second-order valence-electron chi connectivity index (χ2n) is 3.98. The molecule has 0 saturated heterocycles. The third-order valence-electron chi connectivity index (χ3n) is 2.61. The summed E-state index contributed by atoms with van der Waals surface area (Å²) in [5.74, 6) is 0. The largest absolute Gasteiger partial charge is 0.385 e. The molecular formula is C13H22N2O. The lowest BCUT2D eigenvalue weighted by atomic mass is 10.1. The van der Waals surface area contributed by atoms with Crippen LogP contribution in [0.1, 0.15) is 30.2 Å². The molecule has 0 aliphatic rings. The minimum atomic E-state index is 0.819. The topological polar surface area (TPSA) is 34.2 Å². The molecule has 90 valence electrons. The first-order chi connectivity index (χ1) is 7.77. The summed E-state index contributed by atoms with van der Waals surface area (Å²) in [5, 5.41) is 3.38. The van der Waals surface area contributed by atoms with Crippen molar-refractivity contribution < 1.29 is 4.74 Å². The van der Waals surface area contributed by atoms with Crippen LogP contribution in [0.25, 0.3) is 0 Å². The van der Waals surface area contributed by atoms with Crippen LogP contribution >= 0.6 is 0 Å². The molecule has 1 heterocycles. The Bertz CT molecular complexity index is 313. The van der Waals surface area contributed by atoms with Gasteiger partial charge in [-0.15, -0.1) is 0 Å². The van der Waals surface area contributed by atoms with Gasteiger partial charge in [0.2, 0.25) is 0 Å². The van der Waals surface area contributed by atoms with Crippen LogP contribution in [-0.4, -0.2) is 25.2 Å². The summed E-state index contributed by atoms with van der Waals surface area (Å²) in [6, 6.07) is 2.22. The van der Waals surface area contributed by atoms with Gasteiger partial charge in [0.15, 0.2) is 0 Å². The Morgan fingerprint density at radius 3 is 2.88 bits per heavy atom. The van der Waals surface area contributed by atoms with Crippen molar-refractivity contribution in [2.45, 2.75) is 33.2 Å². The molecule has 1 aromatic rings. The standard InChI is InChI=1S/C13H22N2O/c1-4-13-11(2)8-12(10-15-13)9-14-6-5-7-16-3/h8,10,14H,4-7,9H2,1-3H3. The summed E-state index contributed by atoms with van der Waals surface area (Å²) in [5.41, 5.74) is 3.74. The number of nitrogens with one attached hydrogen (secondary N) is 1. The Hall–Kier alpha value is -0.930. The molecule has 3 nitrogen and oxygen atoms in total. The maximum absolute atomic E-state index is 4.99. The van der Waals surface area contributed by atoms with Crippen LogP contribution in [0.3, 0.4) is 0 Å². The van der Waals surface area contributed by atoms with Crippen molar-refractivity contribution in [1.82, 2.24) is 10.3 Å². The number of hydrogen-bond donors (Lipinski definition) is 1. The van der Waals surface area contributed by atoms with Crippen LogP contribution < -0.4 is 5.32 Å². The molecule has 0 fully saturated rings. The van der Waals surface area contributed by atoms with E-state index in [0.717, 1.165) is 32.5 Å². The molecule has 0 atom stereocenters. The lowest BCUT2D eigenvalue weighted by Gasteiger charge is -2.07. The van der Waals surface area contributed by atoms with Crippen molar-refractivity contribution >= 4 is 0 Å². The fourth-order valence-electron chi connectivity index (χ4n) is 1.70.